The summed E-state index contributed by atoms with van der Waals surface area (Å²) in [4.78, 5) is 31.8. The van der Waals surface area contributed by atoms with Gasteiger partial charge in [-0.1, -0.05) is 77.6 Å². The van der Waals surface area contributed by atoms with Gasteiger partial charge < -0.3 is 24.0 Å². The Bertz CT molecular complexity index is 1690. The minimum atomic E-state index is -0.674. The molecule has 1 fully saturated rings. The normalized spacial score (nSPS) is 16.4. The highest BCUT2D eigenvalue weighted by atomic mass is 35.5. The highest BCUT2D eigenvalue weighted by Gasteiger charge is 2.42. The number of halogens is 4. The molecule has 11 heteroatoms. The van der Waals surface area contributed by atoms with Crippen molar-refractivity contribution in [3.05, 3.63) is 97.0 Å². The Balaban J connectivity index is 1.41. The van der Waals surface area contributed by atoms with Gasteiger partial charge >= 0.3 is 6.09 Å². The van der Waals surface area contributed by atoms with Crippen LogP contribution in [0.15, 0.2) is 60.2 Å². The maximum Gasteiger partial charge on any atom is 0.410 e. The van der Waals surface area contributed by atoms with Crippen LogP contribution in [-0.4, -0.2) is 59.2 Å². The Labute approximate surface area is 309 Å². The molecule has 0 bridgehead atoms. The lowest BCUT2D eigenvalue weighted by atomic mass is 9.86. The minimum absolute atomic E-state index is 0.0772. The number of amides is 2. The summed E-state index contributed by atoms with van der Waals surface area (Å²) in [5, 5.41) is 1.78. The summed E-state index contributed by atoms with van der Waals surface area (Å²) >= 11 is 25.5. The first kappa shape index (κ1) is 37.2. The van der Waals surface area contributed by atoms with Crippen molar-refractivity contribution in [1.82, 2.24) is 9.80 Å². The molecule has 3 aromatic rings. The van der Waals surface area contributed by atoms with Crippen molar-refractivity contribution >= 4 is 64.0 Å². The van der Waals surface area contributed by atoms with E-state index < -0.39 is 17.7 Å². The van der Waals surface area contributed by atoms with Crippen LogP contribution in [0.25, 0.3) is 5.57 Å². The molecule has 1 aliphatic heterocycles. The van der Waals surface area contributed by atoms with Gasteiger partial charge in [0.2, 0.25) is 0 Å². The van der Waals surface area contributed by atoms with E-state index in [-0.39, 0.29) is 25.2 Å². The molecule has 0 spiro atoms. The second-order valence-corrected chi connectivity index (χ2v) is 15.0. The van der Waals surface area contributed by atoms with Crippen molar-refractivity contribution in [2.24, 2.45) is 0 Å². The Morgan fingerprint density at radius 1 is 0.918 bits per heavy atom. The Morgan fingerprint density at radius 3 is 2.18 bits per heavy atom. The maximum atomic E-state index is 14.8. The SMILES string of the molecule is CC[C@@H]1C(C(=O)N(Cc2cccc(Cl)c2Cl)C2CC2)=C(c2ccc(OCCOc3c(Cl)cc(C)cc3Cl)cc2)CCN1C(=O)OC(C)(C)C. The molecular weight excluding hydrogens is 706 g/mol. The molecule has 1 saturated carbocycles. The number of rotatable bonds is 11. The second kappa shape index (κ2) is 15.8. The lowest BCUT2D eigenvalue weighted by molar-refractivity contribution is -0.129. The lowest BCUT2D eigenvalue weighted by Crippen LogP contribution is -2.50. The number of ether oxygens (including phenoxy) is 3. The molecule has 5 rings (SSSR count). The van der Waals surface area contributed by atoms with Crippen LogP contribution in [0.5, 0.6) is 11.5 Å². The third kappa shape index (κ3) is 9.18. The molecular formula is C38H42Cl4N2O5. The molecule has 0 radical (unpaired) electrons. The van der Waals surface area contributed by atoms with Crippen molar-refractivity contribution in [3.63, 3.8) is 0 Å². The van der Waals surface area contributed by atoms with E-state index in [2.05, 4.69) is 0 Å². The Kier molecular flexibility index (Phi) is 12.0. The van der Waals surface area contributed by atoms with Gasteiger partial charge in [-0.05, 0) is 106 Å². The van der Waals surface area contributed by atoms with Gasteiger partial charge in [-0.3, -0.25) is 4.79 Å². The number of carbonyl (C=O) groups is 2. The summed E-state index contributed by atoms with van der Waals surface area (Å²) in [7, 11) is 0. The number of hydrogen-bond donors (Lipinski definition) is 0. The molecule has 0 saturated heterocycles. The summed E-state index contributed by atoms with van der Waals surface area (Å²) in [6.45, 7) is 10.7. The van der Waals surface area contributed by atoms with Gasteiger partial charge in [0.25, 0.3) is 5.91 Å². The Hall–Kier alpha value is -3.10. The average molecular weight is 749 g/mol. The van der Waals surface area contributed by atoms with Gasteiger partial charge in [0.15, 0.2) is 5.75 Å². The monoisotopic (exact) mass is 746 g/mol. The Morgan fingerprint density at radius 2 is 1.57 bits per heavy atom. The van der Waals surface area contributed by atoms with E-state index in [0.29, 0.717) is 63.1 Å². The minimum Gasteiger partial charge on any atom is -0.490 e. The first-order valence-electron chi connectivity index (χ1n) is 16.6. The maximum absolute atomic E-state index is 14.8. The zero-order valence-electron chi connectivity index (χ0n) is 28.5. The zero-order valence-corrected chi connectivity index (χ0v) is 31.5. The molecule has 2 amide bonds. The zero-order chi connectivity index (χ0) is 35.5. The third-order valence-corrected chi connectivity index (χ3v) is 9.87. The molecule has 262 valence electrons. The number of hydrogen-bond acceptors (Lipinski definition) is 5. The van der Waals surface area contributed by atoms with E-state index in [4.69, 9.17) is 60.6 Å². The van der Waals surface area contributed by atoms with Gasteiger partial charge in [-0.25, -0.2) is 4.79 Å². The summed E-state index contributed by atoms with van der Waals surface area (Å²) in [5.41, 5.74) is 3.44. The number of carbonyl (C=O) groups excluding carboxylic acids is 2. The van der Waals surface area contributed by atoms with E-state index in [1.54, 1.807) is 23.1 Å². The van der Waals surface area contributed by atoms with E-state index in [9.17, 15) is 9.59 Å². The predicted molar refractivity (Wildman–Crippen MR) is 197 cm³/mol. The first-order chi connectivity index (χ1) is 23.3. The summed E-state index contributed by atoms with van der Waals surface area (Å²) in [5.74, 6) is 0.966. The fourth-order valence-corrected chi connectivity index (χ4v) is 7.14. The quantitative estimate of drug-likeness (QED) is 0.183. The molecule has 3 aromatic carbocycles. The number of nitrogens with zero attached hydrogens (tertiary/aromatic N) is 2. The predicted octanol–water partition coefficient (Wildman–Crippen LogP) is 10.4. The number of aryl methyl sites for hydroxylation is 1. The van der Waals surface area contributed by atoms with Crippen molar-refractivity contribution in [3.8, 4) is 11.5 Å². The van der Waals surface area contributed by atoms with Gasteiger partial charge in [0.05, 0.1) is 26.1 Å². The first-order valence-corrected chi connectivity index (χ1v) is 18.1. The van der Waals surface area contributed by atoms with Gasteiger partial charge in [-0.15, -0.1) is 0 Å². The molecule has 0 aromatic heterocycles. The molecule has 49 heavy (non-hydrogen) atoms. The van der Waals surface area contributed by atoms with Crippen molar-refractivity contribution in [2.45, 2.75) is 84.5 Å². The molecule has 0 unspecified atom stereocenters. The van der Waals surface area contributed by atoms with Crippen molar-refractivity contribution < 1.29 is 23.8 Å². The van der Waals surface area contributed by atoms with Crippen LogP contribution in [0.4, 0.5) is 4.79 Å². The summed E-state index contributed by atoms with van der Waals surface area (Å²) in [6.07, 6.45) is 2.39. The van der Waals surface area contributed by atoms with Crippen LogP contribution in [-0.2, 0) is 16.1 Å². The highest BCUT2D eigenvalue weighted by molar-refractivity contribution is 6.42. The highest BCUT2D eigenvalue weighted by Crippen LogP contribution is 2.39. The van der Waals surface area contributed by atoms with Gasteiger partial charge in [-0.2, -0.15) is 0 Å². The van der Waals surface area contributed by atoms with Crippen LogP contribution < -0.4 is 9.47 Å². The van der Waals surface area contributed by atoms with E-state index in [1.165, 1.54) is 0 Å². The largest absolute Gasteiger partial charge is 0.490 e. The van der Waals surface area contributed by atoms with Gasteiger partial charge in [0, 0.05) is 24.7 Å². The molecule has 1 atom stereocenters. The average Bonchev–Trinajstić information content (AvgIpc) is 3.88. The molecule has 2 aliphatic rings. The van der Waals surface area contributed by atoms with Crippen LogP contribution in [0.1, 0.15) is 70.1 Å². The van der Waals surface area contributed by atoms with E-state index in [1.807, 2.05) is 75.9 Å². The summed E-state index contributed by atoms with van der Waals surface area (Å²) < 4.78 is 17.5. The smallest absolute Gasteiger partial charge is 0.410 e. The standard InChI is InChI=1S/C38H42Cl4N2O5/c1-6-32-33(36(45)44(26-12-13-26)22-25-8-7-9-29(39)34(25)42)28(16-17-43(32)37(46)49-38(3,4)5)24-10-14-27(15-11-24)47-18-19-48-35-30(40)20-23(2)21-31(35)41/h7-11,14-15,20-21,26,32H,6,12-13,16-19,22H2,1-5H3/t32-/m1/s1. The number of benzene rings is 3. The molecule has 1 aliphatic carbocycles. The van der Waals surface area contributed by atoms with E-state index >= 15 is 0 Å². The third-order valence-electron chi connectivity index (χ3n) is 8.45. The molecule has 7 nitrogen and oxygen atoms in total. The van der Waals surface area contributed by atoms with Crippen molar-refractivity contribution in [1.29, 1.82) is 0 Å². The van der Waals surface area contributed by atoms with Crippen molar-refractivity contribution in [2.75, 3.05) is 19.8 Å². The lowest BCUT2D eigenvalue weighted by Gasteiger charge is -2.40. The molecule has 0 N–H and O–H groups in total. The van der Waals surface area contributed by atoms with Gasteiger partial charge in [0.1, 0.15) is 24.6 Å². The van der Waals surface area contributed by atoms with Crippen LogP contribution in [0, 0.1) is 6.92 Å². The summed E-state index contributed by atoms with van der Waals surface area (Å²) in [6, 6.07) is 16.3. The van der Waals surface area contributed by atoms with Crippen LogP contribution >= 0.6 is 46.4 Å². The van der Waals surface area contributed by atoms with Crippen LogP contribution in [0.3, 0.4) is 0 Å². The second-order valence-electron chi connectivity index (χ2n) is 13.4. The van der Waals surface area contributed by atoms with Crippen LogP contribution in [0.2, 0.25) is 20.1 Å². The fourth-order valence-electron chi connectivity index (χ4n) is 6.06. The molecule has 1 heterocycles. The van der Waals surface area contributed by atoms with E-state index in [0.717, 1.165) is 35.1 Å². The fraction of sp³-hybridized carbons (Fsp3) is 0.421. The topological polar surface area (TPSA) is 68.3 Å².